The van der Waals surface area contributed by atoms with Gasteiger partial charge in [-0.3, -0.25) is 9.89 Å². The number of halogens is 4. The van der Waals surface area contributed by atoms with Gasteiger partial charge in [0.15, 0.2) is 5.96 Å². The molecule has 0 radical (unpaired) electrons. The normalized spacial score (nSPS) is 12.9. The molecule has 0 aliphatic carbocycles. The summed E-state index contributed by atoms with van der Waals surface area (Å²) in [4.78, 5) is 9.53. The highest BCUT2D eigenvalue weighted by Gasteiger charge is 2.28. The van der Waals surface area contributed by atoms with Gasteiger partial charge in [-0.2, -0.15) is 13.2 Å². The Morgan fingerprint density at radius 1 is 1.27 bits per heavy atom. The summed E-state index contributed by atoms with van der Waals surface area (Å²) in [5, 5.41) is 6.12. The zero-order valence-electron chi connectivity index (χ0n) is 15.9. The van der Waals surface area contributed by atoms with Crippen LogP contribution in [0.3, 0.4) is 0 Å². The van der Waals surface area contributed by atoms with Crippen molar-refractivity contribution in [3.63, 3.8) is 0 Å². The molecule has 1 aromatic rings. The Hall–Kier alpha value is -1.04. The molecule has 0 saturated heterocycles. The van der Waals surface area contributed by atoms with E-state index >= 15 is 0 Å². The van der Waals surface area contributed by atoms with Gasteiger partial charge in [-0.15, -0.1) is 24.0 Å². The minimum Gasteiger partial charge on any atom is -0.443 e. The summed E-state index contributed by atoms with van der Waals surface area (Å²) in [5.41, 5.74) is -0.104. The van der Waals surface area contributed by atoms with Crippen molar-refractivity contribution in [2.24, 2.45) is 4.99 Å². The van der Waals surface area contributed by atoms with E-state index in [9.17, 15) is 13.2 Å². The van der Waals surface area contributed by atoms with Gasteiger partial charge in [0.1, 0.15) is 5.76 Å². The lowest BCUT2D eigenvalue weighted by Crippen LogP contribution is -2.39. The number of aromatic nitrogens is 1. The average Bonchev–Trinajstić information content (AvgIpc) is 2.93. The standard InChI is InChI=1S/C16H28F3N5O.HI/c1-15(2,3)12-9-22-13(25-12)10-23-14(20-4)21-7-6-8-24(5)11-16(17,18)19;/h9H,6-8,10-11H2,1-5H3,(H2,20,21,23);1H. The fraction of sp³-hybridized carbons (Fsp3) is 0.750. The average molecular weight is 491 g/mol. The molecular formula is C16H29F3IN5O. The highest BCUT2D eigenvalue weighted by Crippen LogP contribution is 2.22. The molecular weight excluding hydrogens is 462 g/mol. The third-order valence-electron chi connectivity index (χ3n) is 3.38. The molecule has 0 fully saturated rings. The highest BCUT2D eigenvalue weighted by atomic mass is 127. The summed E-state index contributed by atoms with van der Waals surface area (Å²) in [6.45, 7) is 6.46. The van der Waals surface area contributed by atoms with Gasteiger partial charge in [0, 0.05) is 19.0 Å². The van der Waals surface area contributed by atoms with Crippen LogP contribution in [0.4, 0.5) is 13.2 Å². The van der Waals surface area contributed by atoms with Crippen LogP contribution in [0.5, 0.6) is 0 Å². The first-order valence-electron chi connectivity index (χ1n) is 8.16. The van der Waals surface area contributed by atoms with Crippen LogP contribution in [-0.2, 0) is 12.0 Å². The lowest BCUT2D eigenvalue weighted by molar-refractivity contribution is -0.143. The maximum absolute atomic E-state index is 12.2. The zero-order chi connectivity index (χ0) is 19.1. The minimum atomic E-state index is -4.16. The molecule has 1 heterocycles. The molecule has 0 unspecified atom stereocenters. The SMILES string of the molecule is CN=C(NCCCN(C)CC(F)(F)F)NCc1ncc(C(C)(C)C)o1.I. The first-order chi connectivity index (χ1) is 11.5. The number of hydrogen-bond acceptors (Lipinski definition) is 4. The van der Waals surface area contributed by atoms with Gasteiger partial charge in [-0.25, -0.2) is 4.98 Å². The van der Waals surface area contributed by atoms with E-state index in [1.807, 2.05) is 20.8 Å². The summed E-state index contributed by atoms with van der Waals surface area (Å²) in [6, 6.07) is 0. The summed E-state index contributed by atoms with van der Waals surface area (Å²) in [5.74, 6) is 1.91. The first-order valence-corrected chi connectivity index (χ1v) is 8.16. The van der Waals surface area contributed by atoms with E-state index in [0.717, 1.165) is 5.76 Å². The fourth-order valence-corrected chi connectivity index (χ4v) is 2.06. The van der Waals surface area contributed by atoms with Crippen molar-refractivity contribution in [1.82, 2.24) is 20.5 Å². The van der Waals surface area contributed by atoms with Gasteiger partial charge >= 0.3 is 6.18 Å². The molecule has 152 valence electrons. The maximum Gasteiger partial charge on any atom is 0.401 e. The second-order valence-corrected chi connectivity index (χ2v) is 6.93. The molecule has 0 spiro atoms. The van der Waals surface area contributed by atoms with E-state index in [1.54, 1.807) is 13.2 Å². The van der Waals surface area contributed by atoms with E-state index in [0.29, 0.717) is 37.9 Å². The van der Waals surface area contributed by atoms with Crippen molar-refractivity contribution < 1.29 is 17.6 Å². The first kappa shape index (κ1) is 25.0. The van der Waals surface area contributed by atoms with Crippen molar-refractivity contribution in [3.05, 3.63) is 17.8 Å². The second-order valence-electron chi connectivity index (χ2n) is 6.93. The number of nitrogens with zero attached hydrogens (tertiary/aromatic N) is 3. The fourth-order valence-electron chi connectivity index (χ4n) is 2.06. The van der Waals surface area contributed by atoms with E-state index in [-0.39, 0.29) is 29.4 Å². The van der Waals surface area contributed by atoms with Crippen LogP contribution in [0.1, 0.15) is 38.8 Å². The Morgan fingerprint density at radius 3 is 2.42 bits per heavy atom. The quantitative estimate of drug-likeness (QED) is 0.266. The van der Waals surface area contributed by atoms with Gasteiger partial charge in [0.05, 0.1) is 19.3 Å². The van der Waals surface area contributed by atoms with Crippen molar-refractivity contribution in [2.45, 2.75) is 45.3 Å². The number of hydrogen-bond donors (Lipinski definition) is 2. The topological polar surface area (TPSA) is 65.7 Å². The molecule has 0 aliphatic heterocycles. The Morgan fingerprint density at radius 2 is 1.92 bits per heavy atom. The molecule has 10 heteroatoms. The molecule has 1 aromatic heterocycles. The smallest absolute Gasteiger partial charge is 0.401 e. The van der Waals surface area contributed by atoms with E-state index in [4.69, 9.17) is 4.42 Å². The lowest BCUT2D eigenvalue weighted by Gasteiger charge is -2.18. The Bertz CT molecular complexity index is 555. The lowest BCUT2D eigenvalue weighted by atomic mass is 9.94. The van der Waals surface area contributed by atoms with E-state index in [1.165, 1.54) is 11.9 Å². The second kappa shape index (κ2) is 11.0. The van der Waals surface area contributed by atoms with Crippen molar-refractivity contribution in [1.29, 1.82) is 0 Å². The monoisotopic (exact) mass is 491 g/mol. The summed E-state index contributed by atoms with van der Waals surface area (Å²) in [6.07, 6.45) is -1.88. The van der Waals surface area contributed by atoms with Crippen LogP contribution in [0.2, 0.25) is 0 Å². The Labute approximate surface area is 170 Å². The third-order valence-corrected chi connectivity index (χ3v) is 3.38. The van der Waals surface area contributed by atoms with Crippen LogP contribution in [0.15, 0.2) is 15.6 Å². The third kappa shape index (κ3) is 10.2. The highest BCUT2D eigenvalue weighted by molar-refractivity contribution is 14.0. The zero-order valence-corrected chi connectivity index (χ0v) is 18.2. The maximum atomic E-state index is 12.2. The number of nitrogens with one attached hydrogen (secondary N) is 2. The summed E-state index contributed by atoms with van der Waals surface area (Å²) in [7, 11) is 3.08. The van der Waals surface area contributed by atoms with Gasteiger partial charge in [-0.1, -0.05) is 20.8 Å². The van der Waals surface area contributed by atoms with Crippen LogP contribution in [0.25, 0.3) is 0 Å². The molecule has 0 aliphatic rings. The summed E-state index contributed by atoms with van der Waals surface area (Å²) < 4.78 is 42.4. The van der Waals surface area contributed by atoms with Crippen molar-refractivity contribution in [3.8, 4) is 0 Å². The molecule has 0 atom stereocenters. The van der Waals surface area contributed by atoms with Gasteiger partial charge in [0.25, 0.3) is 0 Å². The summed E-state index contributed by atoms with van der Waals surface area (Å²) >= 11 is 0. The molecule has 0 bridgehead atoms. The van der Waals surface area contributed by atoms with Crippen molar-refractivity contribution >= 4 is 29.9 Å². The predicted molar refractivity (Wildman–Crippen MR) is 107 cm³/mol. The molecule has 2 N–H and O–H groups in total. The van der Waals surface area contributed by atoms with Gasteiger partial charge in [0.2, 0.25) is 5.89 Å². The minimum absolute atomic E-state index is 0. The molecule has 26 heavy (non-hydrogen) atoms. The van der Waals surface area contributed by atoms with E-state index in [2.05, 4.69) is 20.6 Å². The van der Waals surface area contributed by atoms with Crippen LogP contribution >= 0.6 is 24.0 Å². The molecule has 0 aromatic carbocycles. The largest absolute Gasteiger partial charge is 0.443 e. The predicted octanol–water partition coefficient (Wildman–Crippen LogP) is 3.14. The molecule has 6 nitrogen and oxygen atoms in total. The number of guanidine groups is 1. The van der Waals surface area contributed by atoms with Crippen molar-refractivity contribution in [2.75, 3.05) is 33.7 Å². The number of aliphatic imine (C=N–C) groups is 1. The van der Waals surface area contributed by atoms with Gasteiger partial charge < -0.3 is 15.1 Å². The molecule has 1 rings (SSSR count). The van der Waals surface area contributed by atoms with E-state index < -0.39 is 12.7 Å². The van der Waals surface area contributed by atoms with Crippen LogP contribution in [0, 0.1) is 0 Å². The Kier molecular flexibility index (Phi) is 10.5. The van der Waals surface area contributed by atoms with Crippen LogP contribution < -0.4 is 10.6 Å². The van der Waals surface area contributed by atoms with Crippen LogP contribution in [-0.4, -0.2) is 55.7 Å². The van der Waals surface area contributed by atoms with Gasteiger partial charge in [-0.05, 0) is 20.0 Å². The number of alkyl halides is 3. The molecule has 0 amide bonds. The molecule has 0 saturated carbocycles. The number of oxazole rings is 1. The number of rotatable bonds is 7. The Balaban J connectivity index is 0.00000625.